The minimum atomic E-state index is -4.76. The molecule has 0 aromatic carbocycles. The van der Waals surface area contributed by atoms with Crippen LogP contribution in [0.25, 0.3) is 0 Å². The predicted molar refractivity (Wildman–Crippen MR) is 69.8 cm³/mol. The maximum Gasteiger partial charge on any atom is 0.420 e. The maximum atomic E-state index is 12.8. The van der Waals surface area contributed by atoms with Crippen LogP contribution in [0.1, 0.15) is 16.7 Å². The second-order valence-corrected chi connectivity index (χ2v) is 4.85. The van der Waals surface area contributed by atoms with E-state index in [-0.39, 0.29) is 4.73 Å². The first-order chi connectivity index (χ1) is 11.0. The number of aromatic nitrogens is 3. The molecule has 0 aliphatic carbocycles. The van der Waals surface area contributed by atoms with Gasteiger partial charge in [0.1, 0.15) is 10.7 Å². The Labute approximate surface area is 135 Å². The fourth-order valence-electron chi connectivity index (χ4n) is 1.75. The lowest BCUT2D eigenvalue weighted by atomic mass is 10.1. The highest BCUT2D eigenvalue weighted by Gasteiger charge is 2.35. The smallest absolute Gasteiger partial charge is 0.420 e. The Morgan fingerprint density at radius 1 is 1.12 bits per heavy atom. The number of anilines is 1. The average Bonchev–Trinajstić information content (AvgIpc) is 2.42. The minimum Gasteiger partial charge on any atom is -0.619 e. The highest BCUT2D eigenvalue weighted by Crippen LogP contribution is 2.34. The van der Waals surface area contributed by atoms with Crippen LogP contribution in [-0.2, 0) is 18.9 Å². The van der Waals surface area contributed by atoms with Gasteiger partial charge in [0, 0.05) is 24.4 Å². The van der Waals surface area contributed by atoms with Gasteiger partial charge in [0.15, 0.2) is 12.4 Å². The minimum absolute atomic E-state index is 0.160. The van der Waals surface area contributed by atoms with Crippen molar-refractivity contribution >= 4 is 17.5 Å². The monoisotopic (exact) mass is 372 g/mol. The normalized spacial score (nSPS) is 12.3. The van der Waals surface area contributed by atoms with Gasteiger partial charge in [-0.1, -0.05) is 11.6 Å². The van der Waals surface area contributed by atoms with Gasteiger partial charge in [-0.2, -0.15) is 31.1 Å². The first kappa shape index (κ1) is 18.0. The Morgan fingerprint density at radius 2 is 1.75 bits per heavy atom. The summed E-state index contributed by atoms with van der Waals surface area (Å²) in [6.45, 7) is -0.542. The van der Waals surface area contributed by atoms with Gasteiger partial charge in [0.25, 0.3) is 0 Å². The summed E-state index contributed by atoms with van der Waals surface area (Å²) in [5, 5.41) is 12.5. The number of rotatable bonds is 3. The molecule has 2 aromatic rings. The van der Waals surface area contributed by atoms with Crippen LogP contribution in [0.4, 0.5) is 32.3 Å². The van der Waals surface area contributed by atoms with Crippen molar-refractivity contribution in [3.05, 3.63) is 51.7 Å². The van der Waals surface area contributed by atoms with E-state index in [9.17, 15) is 31.5 Å². The van der Waals surface area contributed by atoms with Crippen LogP contribution < -0.4 is 10.0 Å². The molecule has 2 aromatic heterocycles. The van der Waals surface area contributed by atoms with E-state index in [1.54, 1.807) is 0 Å². The van der Waals surface area contributed by atoms with Crippen molar-refractivity contribution in [3.63, 3.8) is 0 Å². The van der Waals surface area contributed by atoms with E-state index < -0.39 is 46.7 Å². The Hall–Kier alpha value is -2.30. The number of halogens is 7. The van der Waals surface area contributed by atoms with Crippen molar-refractivity contribution in [1.82, 2.24) is 9.97 Å². The zero-order valence-corrected chi connectivity index (χ0v) is 12.2. The Bertz CT molecular complexity index is 749. The molecule has 0 spiro atoms. The van der Waals surface area contributed by atoms with Gasteiger partial charge >= 0.3 is 12.4 Å². The largest absolute Gasteiger partial charge is 0.619 e. The summed E-state index contributed by atoms with van der Waals surface area (Å²) in [7, 11) is 0. The van der Waals surface area contributed by atoms with E-state index in [0.717, 1.165) is 0 Å². The van der Waals surface area contributed by atoms with E-state index in [0.29, 0.717) is 24.7 Å². The van der Waals surface area contributed by atoms with Crippen molar-refractivity contribution in [3.8, 4) is 0 Å². The number of pyridine rings is 1. The van der Waals surface area contributed by atoms with Crippen LogP contribution >= 0.6 is 11.6 Å². The van der Waals surface area contributed by atoms with E-state index in [2.05, 4.69) is 15.3 Å². The molecule has 0 atom stereocenters. The molecule has 1 N–H and O–H groups in total. The van der Waals surface area contributed by atoms with Gasteiger partial charge in [-0.3, -0.25) is 0 Å². The summed E-state index contributed by atoms with van der Waals surface area (Å²) in [4.78, 5) is 6.67. The van der Waals surface area contributed by atoms with E-state index >= 15 is 0 Å². The first-order valence-corrected chi connectivity index (χ1v) is 6.49. The number of alkyl halides is 6. The molecule has 0 saturated carbocycles. The summed E-state index contributed by atoms with van der Waals surface area (Å²) >= 11 is 5.38. The van der Waals surface area contributed by atoms with Gasteiger partial charge in [0.05, 0.1) is 5.56 Å². The molecule has 12 heteroatoms. The van der Waals surface area contributed by atoms with Gasteiger partial charge in [-0.05, 0) is 0 Å². The summed E-state index contributed by atoms with van der Waals surface area (Å²) in [5.41, 5.74) is -2.78. The van der Waals surface area contributed by atoms with Crippen LogP contribution in [0.3, 0.4) is 0 Å². The number of nitrogens with one attached hydrogen (secondary N) is 1. The zero-order chi connectivity index (χ0) is 18.1. The van der Waals surface area contributed by atoms with Gasteiger partial charge in [-0.15, -0.1) is 0 Å². The quantitative estimate of drug-likeness (QED) is 0.388. The first-order valence-electron chi connectivity index (χ1n) is 6.11. The molecule has 130 valence electrons. The number of hydrogen-bond acceptors (Lipinski definition) is 4. The maximum absolute atomic E-state index is 12.8. The summed E-state index contributed by atoms with van der Waals surface area (Å²) < 4.78 is 76.2. The molecular formula is C12H7ClF6N4O. The average molecular weight is 373 g/mol. The van der Waals surface area contributed by atoms with Crippen LogP contribution in [0.5, 0.6) is 0 Å². The van der Waals surface area contributed by atoms with Crippen molar-refractivity contribution < 1.29 is 31.1 Å². The fraction of sp³-hybridized carbons (Fsp3) is 0.250. The van der Waals surface area contributed by atoms with Gasteiger partial charge in [0.2, 0.25) is 5.95 Å². The van der Waals surface area contributed by atoms with Gasteiger partial charge < -0.3 is 10.5 Å². The number of nitrogens with zero attached hydrogens (tertiary/aromatic N) is 3. The van der Waals surface area contributed by atoms with Gasteiger partial charge in [-0.25, -0.2) is 9.97 Å². The lowest BCUT2D eigenvalue weighted by Crippen LogP contribution is -2.28. The standard InChI is InChI=1S/C12H7ClF6N4O/c13-9-8(12(17,18)19)4-21-10(22-9)20-3-6-5-23(24)2-1-7(6)11(14,15)16/h1-2,4-5H,3H2,(H,20,21,22). The summed E-state index contributed by atoms with van der Waals surface area (Å²) in [5.74, 6) is -0.414. The van der Waals surface area contributed by atoms with E-state index in [4.69, 9.17) is 11.6 Å². The summed E-state index contributed by atoms with van der Waals surface area (Å²) in [6, 6.07) is 0.588. The topological polar surface area (TPSA) is 64.8 Å². The third kappa shape index (κ3) is 4.16. The molecule has 0 bridgehead atoms. The molecule has 2 rings (SSSR count). The van der Waals surface area contributed by atoms with Crippen LogP contribution in [0.15, 0.2) is 24.7 Å². The highest BCUT2D eigenvalue weighted by molar-refractivity contribution is 6.30. The Balaban J connectivity index is 2.23. The second-order valence-electron chi connectivity index (χ2n) is 4.49. The van der Waals surface area contributed by atoms with Crippen LogP contribution in [-0.4, -0.2) is 9.97 Å². The van der Waals surface area contributed by atoms with Crippen molar-refractivity contribution in [1.29, 1.82) is 0 Å². The molecule has 0 fully saturated rings. The SMILES string of the molecule is [O-][n+]1ccc(C(F)(F)F)c(CNc2ncc(C(F)(F)F)c(Cl)n2)c1. The lowest BCUT2D eigenvalue weighted by Gasteiger charge is -2.13. The fourth-order valence-corrected chi connectivity index (χ4v) is 1.99. The zero-order valence-electron chi connectivity index (χ0n) is 11.4. The molecule has 24 heavy (non-hydrogen) atoms. The Morgan fingerprint density at radius 3 is 2.29 bits per heavy atom. The molecule has 0 amide bonds. The Kier molecular flexibility index (Phi) is 4.74. The molecule has 5 nitrogen and oxygen atoms in total. The van der Waals surface area contributed by atoms with Crippen LogP contribution in [0, 0.1) is 5.21 Å². The van der Waals surface area contributed by atoms with E-state index in [1.807, 2.05) is 0 Å². The molecular weight excluding hydrogens is 366 g/mol. The van der Waals surface area contributed by atoms with Crippen molar-refractivity contribution in [2.45, 2.75) is 18.9 Å². The third-order valence-electron chi connectivity index (χ3n) is 2.81. The third-order valence-corrected chi connectivity index (χ3v) is 3.10. The van der Waals surface area contributed by atoms with Crippen molar-refractivity contribution in [2.24, 2.45) is 0 Å². The van der Waals surface area contributed by atoms with E-state index in [1.165, 1.54) is 0 Å². The molecule has 0 saturated heterocycles. The molecule has 2 heterocycles. The predicted octanol–water partition coefficient (Wildman–Crippen LogP) is 3.41. The van der Waals surface area contributed by atoms with Crippen LogP contribution in [0.2, 0.25) is 5.15 Å². The molecule has 0 radical (unpaired) electrons. The molecule has 0 aliphatic rings. The number of hydrogen-bond donors (Lipinski definition) is 1. The molecule has 0 unspecified atom stereocenters. The molecule has 0 aliphatic heterocycles. The highest BCUT2D eigenvalue weighted by atomic mass is 35.5. The second kappa shape index (κ2) is 6.30. The lowest BCUT2D eigenvalue weighted by molar-refractivity contribution is -0.606. The summed E-state index contributed by atoms with van der Waals surface area (Å²) in [6.07, 6.45) is -7.70. The van der Waals surface area contributed by atoms with Crippen molar-refractivity contribution in [2.75, 3.05) is 5.32 Å².